The van der Waals surface area contributed by atoms with Crippen molar-refractivity contribution in [3.63, 3.8) is 0 Å². The lowest BCUT2D eigenvalue weighted by atomic mass is 10.1. The third-order valence-corrected chi connectivity index (χ3v) is 1.98. The summed E-state index contributed by atoms with van der Waals surface area (Å²) in [6.07, 6.45) is 2.02. The predicted molar refractivity (Wildman–Crippen MR) is 49.3 cm³/mol. The average Bonchev–Trinajstić information content (AvgIpc) is 2.29. The summed E-state index contributed by atoms with van der Waals surface area (Å²) >= 11 is 0. The van der Waals surface area contributed by atoms with Crippen LogP contribution in [0.25, 0.3) is 0 Å². The Hall–Kier alpha value is -1.25. The van der Waals surface area contributed by atoms with Crippen LogP contribution in [0, 0.1) is 0 Å². The lowest BCUT2D eigenvalue weighted by Gasteiger charge is -2.06. The number of esters is 1. The van der Waals surface area contributed by atoms with E-state index in [0.717, 1.165) is 5.57 Å². The van der Waals surface area contributed by atoms with Crippen molar-refractivity contribution in [1.29, 1.82) is 0 Å². The minimum absolute atomic E-state index is 0.0718. The van der Waals surface area contributed by atoms with Crippen molar-refractivity contribution < 1.29 is 14.6 Å². The molecule has 1 heterocycles. The van der Waals surface area contributed by atoms with Crippen molar-refractivity contribution in [2.24, 2.45) is 0 Å². The first-order valence-electron chi connectivity index (χ1n) is 4.26. The zero-order chi connectivity index (χ0) is 10.0. The normalized spacial score (nSPS) is 21.8. The summed E-state index contributed by atoms with van der Waals surface area (Å²) in [5, 5.41) is 9.45. The van der Waals surface area contributed by atoms with E-state index in [9.17, 15) is 9.90 Å². The topological polar surface area (TPSA) is 46.5 Å². The van der Waals surface area contributed by atoms with Gasteiger partial charge in [-0.3, -0.25) is 0 Å². The van der Waals surface area contributed by atoms with Crippen LogP contribution in [0.15, 0.2) is 23.0 Å². The summed E-state index contributed by atoms with van der Waals surface area (Å²) in [5.74, 6) is -0.341. The molecular formula is C10H14O3. The van der Waals surface area contributed by atoms with E-state index in [-0.39, 0.29) is 5.76 Å². The maximum Gasteiger partial charge on any atom is 0.338 e. The van der Waals surface area contributed by atoms with E-state index in [0.29, 0.717) is 12.0 Å². The minimum Gasteiger partial charge on any atom is -0.508 e. The van der Waals surface area contributed by atoms with E-state index in [1.54, 1.807) is 6.92 Å². The van der Waals surface area contributed by atoms with Gasteiger partial charge in [-0.25, -0.2) is 4.79 Å². The lowest BCUT2D eigenvalue weighted by Crippen LogP contribution is -2.10. The Labute approximate surface area is 77.7 Å². The molecule has 1 aliphatic heterocycles. The molecule has 0 bridgehead atoms. The Kier molecular flexibility index (Phi) is 2.76. The van der Waals surface area contributed by atoms with Gasteiger partial charge < -0.3 is 9.84 Å². The number of hydrogen-bond donors (Lipinski definition) is 1. The molecule has 1 rings (SSSR count). The van der Waals surface area contributed by atoms with Crippen LogP contribution >= 0.6 is 0 Å². The van der Waals surface area contributed by atoms with E-state index in [2.05, 4.69) is 0 Å². The average molecular weight is 182 g/mol. The molecule has 0 aromatic rings. The molecule has 13 heavy (non-hydrogen) atoms. The van der Waals surface area contributed by atoms with Gasteiger partial charge >= 0.3 is 5.97 Å². The number of carbonyl (C=O) groups is 1. The number of allylic oxidation sites excluding steroid dienone is 1. The maximum atomic E-state index is 11.0. The fourth-order valence-corrected chi connectivity index (χ4v) is 1.12. The van der Waals surface area contributed by atoms with Crippen LogP contribution in [-0.2, 0) is 9.53 Å². The van der Waals surface area contributed by atoms with Crippen LogP contribution in [0.2, 0.25) is 0 Å². The van der Waals surface area contributed by atoms with Crippen molar-refractivity contribution in [1.82, 2.24) is 0 Å². The zero-order valence-electron chi connectivity index (χ0n) is 8.13. The number of aliphatic hydroxyl groups excluding tert-OH is 1. The van der Waals surface area contributed by atoms with Crippen LogP contribution in [0.1, 0.15) is 27.2 Å². The molecule has 0 aliphatic carbocycles. The molecule has 0 aromatic heterocycles. The standard InChI is InChI=1S/C10H14O3/c1-6(2)4-5-8-9(11)7(3)10(12)13-8/h4,8,11H,5H2,1-3H3. The monoisotopic (exact) mass is 182 g/mol. The van der Waals surface area contributed by atoms with Gasteiger partial charge in [0.2, 0.25) is 0 Å². The number of aliphatic hydroxyl groups is 1. The summed E-state index contributed by atoms with van der Waals surface area (Å²) in [7, 11) is 0. The summed E-state index contributed by atoms with van der Waals surface area (Å²) in [4.78, 5) is 11.0. The first kappa shape index (κ1) is 9.84. The molecule has 1 atom stereocenters. The molecule has 3 nitrogen and oxygen atoms in total. The Bertz CT molecular complexity index is 283. The van der Waals surface area contributed by atoms with E-state index < -0.39 is 12.1 Å². The van der Waals surface area contributed by atoms with Crippen LogP contribution in [-0.4, -0.2) is 17.2 Å². The molecule has 1 aliphatic rings. The smallest absolute Gasteiger partial charge is 0.338 e. The Morgan fingerprint density at radius 3 is 2.62 bits per heavy atom. The largest absolute Gasteiger partial charge is 0.508 e. The second-order valence-corrected chi connectivity index (χ2v) is 3.42. The Balaban J connectivity index is 2.66. The van der Waals surface area contributed by atoms with E-state index in [1.807, 2.05) is 19.9 Å². The fourth-order valence-electron chi connectivity index (χ4n) is 1.12. The predicted octanol–water partition coefficient (Wildman–Crippen LogP) is 2.10. The highest BCUT2D eigenvalue weighted by Gasteiger charge is 2.30. The van der Waals surface area contributed by atoms with Gasteiger partial charge in [0, 0.05) is 6.42 Å². The van der Waals surface area contributed by atoms with Gasteiger partial charge in [-0.15, -0.1) is 0 Å². The quantitative estimate of drug-likeness (QED) is 0.525. The van der Waals surface area contributed by atoms with Gasteiger partial charge in [-0.1, -0.05) is 11.6 Å². The lowest BCUT2D eigenvalue weighted by molar-refractivity contribution is -0.140. The maximum absolute atomic E-state index is 11.0. The van der Waals surface area contributed by atoms with Gasteiger partial charge in [-0.05, 0) is 20.8 Å². The van der Waals surface area contributed by atoms with Gasteiger partial charge in [0.1, 0.15) is 5.76 Å². The van der Waals surface area contributed by atoms with Crippen molar-refractivity contribution in [3.8, 4) is 0 Å². The minimum atomic E-state index is -0.470. The molecule has 0 radical (unpaired) electrons. The van der Waals surface area contributed by atoms with Crippen LogP contribution in [0.5, 0.6) is 0 Å². The van der Waals surface area contributed by atoms with Crippen LogP contribution in [0.3, 0.4) is 0 Å². The fraction of sp³-hybridized carbons (Fsp3) is 0.500. The highest BCUT2D eigenvalue weighted by atomic mass is 16.6. The molecule has 0 amide bonds. The van der Waals surface area contributed by atoms with Crippen LogP contribution in [0.4, 0.5) is 0 Å². The Morgan fingerprint density at radius 2 is 2.23 bits per heavy atom. The number of rotatable bonds is 2. The molecule has 1 unspecified atom stereocenters. The third-order valence-electron chi connectivity index (χ3n) is 1.98. The van der Waals surface area contributed by atoms with Crippen molar-refractivity contribution in [2.45, 2.75) is 33.3 Å². The summed E-state index contributed by atoms with van der Waals surface area (Å²) in [6.45, 7) is 5.50. The number of cyclic esters (lactones) is 1. The number of hydrogen-bond acceptors (Lipinski definition) is 3. The molecule has 0 spiro atoms. The van der Waals surface area contributed by atoms with Crippen LogP contribution < -0.4 is 0 Å². The summed E-state index contributed by atoms with van der Waals surface area (Å²) in [6, 6.07) is 0. The molecule has 1 N–H and O–H groups in total. The third kappa shape index (κ3) is 2.11. The first-order valence-corrected chi connectivity index (χ1v) is 4.26. The second kappa shape index (κ2) is 3.64. The summed E-state index contributed by atoms with van der Waals surface area (Å²) in [5.41, 5.74) is 1.47. The molecule has 0 aromatic carbocycles. The van der Waals surface area contributed by atoms with E-state index in [4.69, 9.17) is 4.74 Å². The molecule has 0 fully saturated rings. The molecule has 0 saturated heterocycles. The second-order valence-electron chi connectivity index (χ2n) is 3.42. The van der Waals surface area contributed by atoms with E-state index in [1.165, 1.54) is 0 Å². The molecular weight excluding hydrogens is 168 g/mol. The van der Waals surface area contributed by atoms with Gasteiger partial charge in [0.05, 0.1) is 5.57 Å². The number of carbonyl (C=O) groups excluding carboxylic acids is 1. The number of ether oxygens (including phenoxy) is 1. The van der Waals surface area contributed by atoms with Gasteiger partial charge in [-0.2, -0.15) is 0 Å². The molecule has 0 saturated carbocycles. The van der Waals surface area contributed by atoms with Crippen molar-refractivity contribution in [2.75, 3.05) is 0 Å². The van der Waals surface area contributed by atoms with Crippen molar-refractivity contribution >= 4 is 5.97 Å². The first-order chi connectivity index (χ1) is 6.02. The highest BCUT2D eigenvalue weighted by Crippen LogP contribution is 2.22. The van der Waals surface area contributed by atoms with E-state index >= 15 is 0 Å². The SMILES string of the molecule is CC(C)=CCC1OC(=O)C(C)=C1O. The highest BCUT2D eigenvalue weighted by molar-refractivity contribution is 5.91. The zero-order valence-corrected chi connectivity index (χ0v) is 8.13. The summed E-state index contributed by atoms with van der Waals surface area (Å²) < 4.78 is 4.93. The van der Waals surface area contributed by atoms with Gasteiger partial charge in [0.25, 0.3) is 0 Å². The molecule has 72 valence electrons. The van der Waals surface area contributed by atoms with Crippen molar-refractivity contribution in [3.05, 3.63) is 23.0 Å². The molecule has 3 heteroatoms. The van der Waals surface area contributed by atoms with Gasteiger partial charge in [0.15, 0.2) is 6.10 Å². The Morgan fingerprint density at radius 1 is 1.62 bits per heavy atom.